The first-order valence-corrected chi connectivity index (χ1v) is 12.0. The van der Waals surface area contributed by atoms with E-state index >= 15 is 0 Å². The Labute approximate surface area is 199 Å². The van der Waals surface area contributed by atoms with Crippen molar-refractivity contribution in [3.63, 3.8) is 0 Å². The number of imidazole rings is 1. The summed E-state index contributed by atoms with van der Waals surface area (Å²) in [6, 6.07) is 15.2. The minimum Gasteiger partial charge on any atom is -0.347 e. The number of carbonyl (C=O) groups is 2. The Morgan fingerprint density at radius 2 is 1.85 bits per heavy atom. The summed E-state index contributed by atoms with van der Waals surface area (Å²) in [4.78, 5) is 31.9. The largest absolute Gasteiger partial charge is 0.347 e. The van der Waals surface area contributed by atoms with Crippen LogP contribution in [0.1, 0.15) is 47.9 Å². The van der Waals surface area contributed by atoms with E-state index in [0.717, 1.165) is 48.2 Å². The number of fused-ring (bicyclic) bond motifs is 1. The highest BCUT2D eigenvalue weighted by molar-refractivity contribution is 5.95. The quantitative estimate of drug-likeness (QED) is 0.257. The number of nitrogens with one attached hydrogen (secondary N) is 2. The summed E-state index contributed by atoms with van der Waals surface area (Å²) >= 11 is 0. The van der Waals surface area contributed by atoms with Crippen molar-refractivity contribution in [2.45, 2.75) is 45.7 Å². The van der Waals surface area contributed by atoms with Crippen molar-refractivity contribution in [1.29, 1.82) is 0 Å². The lowest BCUT2D eigenvalue weighted by molar-refractivity contribution is -0.133. The molecule has 8 nitrogen and oxygen atoms in total. The van der Waals surface area contributed by atoms with E-state index in [0.29, 0.717) is 25.2 Å². The van der Waals surface area contributed by atoms with Gasteiger partial charge < -0.3 is 14.8 Å². The van der Waals surface area contributed by atoms with Crippen LogP contribution in [-0.2, 0) is 11.3 Å². The lowest BCUT2D eigenvalue weighted by Crippen LogP contribution is -2.45. The van der Waals surface area contributed by atoms with Crippen LogP contribution in [0.2, 0.25) is 0 Å². The molecule has 2 heterocycles. The smallest absolute Gasteiger partial charge is 0.251 e. The molecule has 1 aromatic heterocycles. The second-order valence-corrected chi connectivity index (χ2v) is 9.06. The predicted molar refractivity (Wildman–Crippen MR) is 131 cm³/mol. The molecule has 0 radical (unpaired) electrons. The maximum atomic E-state index is 12.9. The van der Waals surface area contributed by atoms with Crippen molar-refractivity contribution in [1.82, 2.24) is 25.2 Å². The average molecular weight is 464 g/mol. The fraction of sp³-hybridized carbons (Fsp3) is 0.423. The SMILES string of the molecule is CCCCCN1C[C@H](C(=O)NO)[C@H](NC(=O)c2ccc(Cn3c(C)nc4ccccc43)cc2)C1. The first-order valence-electron chi connectivity index (χ1n) is 12.0. The molecule has 2 amide bonds. The normalized spacial score (nSPS) is 18.3. The van der Waals surface area contributed by atoms with Gasteiger partial charge in [0.2, 0.25) is 5.91 Å². The summed E-state index contributed by atoms with van der Waals surface area (Å²) in [5.41, 5.74) is 5.43. The number of benzene rings is 2. The second-order valence-electron chi connectivity index (χ2n) is 9.06. The standard InChI is InChI=1S/C26H33N5O3/c1-3-4-7-14-30-16-21(26(33)29-34)23(17-30)28-25(32)20-12-10-19(11-13-20)15-31-18(2)27-22-8-5-6-9-24(22)31/h5-6,8-13,21,23,34H,3-4,7,14-17H2,1-2H3,(H,28,32)(H,29,33)/t21-,23+/m0/s1. The van der Waals surface area contributed by atoms with Crippen LogP contribution in [0.4, 0.5) is 0 Å². The second kappa shape index (κ2) is 10.8. The molecule has 1 saturated heterocycles. The Morgan fingerprint density at radius 1 is 1.09 bits per heavy atom. The van der Waals surface area contributed by atoms with Gasteiger partial charge >= 0.3 is 0 Å². The topological polar surface area (TPSA) is 99.5 Å². The number of rotatable bonds is 9. The zero-order valence-electron chi connectivity index (χ0n) is 19.8. The molecule has 1 aliphatic heterocycles. The van der Waals surface area contributed by atoms with Gasteiger partial charge in [-0.2, -0.15) is 0 Å². The van der Waals surface area contributed by atoms with Crippen molar-refractivity contribution < 1.29 is 14.8 Å². The first-order chi connectivity index (χ1) is 16.5. The molecule has 0 aliphatic carbocycles. The van der Waals surface area contributed by atoms with E-state index in [1.54, 1.807) is 5.48 Å². The molecule has 1 fully saturated rings. The van der Waals surface area contributed by atoms with Crippen LogP contribution in [-0.4, -0.2) is 57.1 Å². The van der Waals surface area contributed by atoms with Crippen molar-refractivity contribution in [2.75, 3.05) is 19.6 Å². The van der Waals surface area contributed by atoms with Gasteiger partial charge in [0.05, 0.1) is 23.0 Å². The van der Waals surface area contributed by atoms with Crippen LogP contribution in [0.3, 0.4) is 0 Å². The van der Waals surface area contributed by atoms with E-state index < -0.39 is 11.8 Å². The minimum absolute atomic E-state index is 0.216. The van der Waals surface area contributed by atoms with Gasteiger partial charge in [-0.25, -0.2) is 10.5 Å². The number of amides is 2. The number of hydrogen-bond donors (Lipinski definition) is 3. The molecule has 34 heavy (non-hydrogen) atoms. The van der Waals surface area contributed by atoms with Gasteiger partial charge in [0.15, 0.2) is 0 Å². The number of carbonyl (C=O) groups excluding carboxylic acids is 2. The average Bonchev–Trinajstić information content (AvgIpc) is 3.39. The maximum absolute atomic E-state index is 12.9. The fourth-order valence-electron chi connectivity index (χ4n) is 4.74. The summed E-state index contributed by atoms with van der Waals surface area (Å²) in [5, 5.41) is 12.2. The molecule has 180 valence electrons. The molecular formula is C26H33N5O3. The zero-order valence-corrected chi connectivity index (χ0v) is 19.8. The van der Waals surface area contributed by atoms with Gasteiger partial charge in [-0.3, -0.25) is 14.8 Å². The lowest BCUT2D eigenvalue weighted by Gasteiger charge is -2.18. The number of likely N-dealkylation sites (tertiary alicyclic amines) is 1. The summed E-state index contributed by atoms with van der Waals surface area (Å²) in [7, 11) is 0. The predicted octanol–water partition coefficient (Wildman–Crippen LogP) is 3.12. The summed E-state index contributed by atoms with van der Waals surface area (Å²) in [6.07, 6.45) is 3.31. The number of aromatic nitrogens is 2. The minimum atomic E-state index is -0.479. The van der Waals surface area contributed by atoms with Crippen LogP contribution in [0.15, 0.2) is 48.5 Å². The lowest BCUT2D eigenvalue weighted by atomic mass is 10.0. The number of para-hydroxylation sites is 2. The highest BCUT2D eigenvalue weighted by atomic mass is 16.5. The van der Waals surface area contributed by atoms with E-state index in [4.69, 9.17) is 5.21 Å². The third kappa shape index (κ3) is 5.29. The monoisotopic (exact) mass is 463 g/mol. The van der Waals surface area contributed by atoms with Gasteiger partial charge in [-0.15, -0.1) is 0 Å². The highest BCUT2D eigenvalue weighted by Gasteiger charge is 2.38. The number of aryl methyl sites for hydroxylation is 1. The van der Waals surface area contributed by atoms with Crippen LogP contribution in [0.25, 0.3) is 11.0 Å². The Bertz CT molecular complexity index is 1140. The molecule has 1 aliphatic rings. The maximum Gasteiger partial charge on any atom is 0.251 e. The summed E-state index contributed by atoms with van der Waals surface area (Å²) in [6.45, 7) is 6.82. The Kier molecular flexibility index (Phi) is 7.59. The molecule has 3 N–H and O–H groups in total. The van der Waals surface area contributed by atoms with Crippen LogP contribution < -0.4 is 10.8 Å². The van der Waals surface area contributed by atoms with E-state index in [1.807, 2.05) is 49.4 Å². The Hall–Kier alpha value is -3.23. The van der Waals surface area contributed by atoms with Crippen molar-refractivity contribution in [3.05, 3.63) is 65.5 Å². The van der Waals surface area contributed by atoms with E-state index in [2.05, 4.69) is 32.8 Å². The van der Waals surface area contributed by atoms with E-state index in [1.165, 1.54) is 0 Å². The molecule has 0 saturated carbocycles. The molecule has 0 spiro atoms. The molecule has 2 aromatic carbocycles. The zero-order chi connectivity index (χ0) is 24.1. The van der Waals surface area contributed by atoms with Crippen LogP contribution >= 0.6 is 0 Å². The molecule has 8 heteroatoms. The summed E-state index contributed by atoms with van der Waals surface area (Å²) < 4.78 is 2.16. The first kappa shape index (κ1) is 23.9. The van der Waals surface area contributed by atoms with Crippen molar-refractivity contribution >= 4 is 22.8 Å². The van der Waals surface area contributed by atoms with Gasteiger partial charge in [-0.05, 0) is 49.7 Å². The van der Waals surface area contributed by atoms with Gasteiger partial charge in [0.25, 0.3) is 5.91 Å². The van der Waals surface area contributed by atoms with Gasteiger partial charge in [0, 0.05) is 25.2 Å². The van der Waals surface area contributed by atoms with Gasteiger partial charge in [-0.1, -0.05) is 44.0 Å². The molecule has 4 rings (SSSR count). The summed E-state index contributed by atoms with van der Waals surface area (Å²) in [5.74, 6) is -0.207. The number of unbranched alkanes of at least 4 members (excludes halogenated alkanes) is 2. The number of nitrogens with zero attached hydrogens (tertiary/aromatic N) is 3. The number of hydroxylamine groups is 1. The molecule has 3 aromatic rings. The van der Waals surface area contributed by atoms with Crippen molar-refractivity contribution in [3.8, 4) is 0 Å². The van der Waals surface area contributed by atoms with Crippen molar-refractivity contribution in [2.24, 2.45) is 5.92 Å². The van der Waals surface area contributed by atoms with Crippen LogP contribution in [0.5, 0.6) is 0 Å². The molecule has 2 atom stereocenters. The Balaban J connectivity index is 1.41. The molecular weight excluding hydrogens is 430 g/mol. The fourth-order valence-corrected chi connectivity index (χ4v) is 4.74. The molecule has 0 bridgehead atoms. The van der Waals surface area contributed by atoms with E-state index in [9.17, 15) is 9.59 Å². The van der Waals surface area contributed by atoms with Crippen LogP contribution in [0, 0.1) is 12.8 Å². The number of hydrogen-bond acceptors (Lipinski definition) is 5. The van der Waals surface area contributed by atoms with E-state index in [-0.39, 0.29) is 11.9 Å². The highest BCUT2D eigenvalue weighted by Crippen LogP contribution is 2.20. The Morgan fingerprint density at radius 3 is 2.59 bits per heavy atom. The van der Waals surface area contributed by atoms with Gasteiger partial charge in [0.1, 0.15) is 5.82 Å². The third-order valence-electron chi connectivity index (χ3n) is 6.64. The molecule has 0 unspecified atom stereocenters. The third-order valence-corrected chi connectivity index (χ3v) is 6.64.